The minimum Gasteiger partial charge on any atom is -0.346 e. The molecule has 0 aromatic carbocycles. The zero-order valence-electron chi connectivity index (χ0n) is 9.72. The van der Waals surface area contributed by atoms with Gasteiger partial charge in [0.25, 0.3) is 0 Å². The van der Waals surface area contributed by atoms with E-state index in [1.165, 1.54) is 12.8 Å². The van der Waals surface area contributed by atoms with Crippen molar-refractivity contribution >= 4 is 27.3 Å². The lowest BCUT2D eigenvalue weighted by Crippen LogP contribution is -2.37. The van der Waals surface area contributed by atoms with Gasteiger partial charge in [0.15, 0.2) is 5.13 Å². The Morgan fingerprint density at radius 2 is 2.24 bits per heavy atom. The smallest absolute Gasteiger partial charge is 0.185 e. The van der Waals surface area contributed by atoms with Crippen molar-refractivity contribution in [2.75, 3.05) is 29.5 Å². The largest absolute Gasteiger partial charge is 0.346 e. The van der Waals surface area contributed by atoms with Crippen molar-refractivity contribution < 1.29 is 4.21 Å². The van der Waals surface area contributed by atoms with Crippen LogP contribution in [-0.4, -0.2) is 39.8 Å². The monoisotopic (exact) mass is 271 g/mol. The van der Waals surface area contributed by atoms with E-state index >= 15 is 0 Å². The summed E-state index contributed by atoms with van der Waals surface area (Å²) in [5.41, 5.74) is 1.14. The van der Waals surface area contributed by atoms with Crippen LogP contribution < -0.4 is 10.2 Å². The van der Waals surface area contributed by atoms with Crippen molar-refractivity contribution in [3.63, 3.8) is 0 Å². The van der Waals surface area contributed by atoms with Gasteiger partial charge in [-0.1, -0.05) is 0 Å². The highest BCUT2D eigenvalue weighted by Crippen LogP contribution is 2.23. The van der Waals surface area contributed by atoms with Crippen LogP contribution in [0.15, 0.2) is 5.38 Å². The number of aromatic nitrogens is 1. The lowest BCUT2D eigenvalue weighted by molar-refractivity contribution is 0.669. The molecule has 3 rings (SSSR count). The molecule has 1 aromatic heterocycles. The molecule has 0 bridgehead atoms. The van der Waals surface area contributed by atoms with Crippen LogP contribution in [-0.2, 0) is 17.3 Å². The summed E-state index contributed by atoms with van der Waals surface area (Å²) in [6.45, 7) is 2.66. The summed E-state index contributed by atoms with van der Waals surface area (Å²) < 4.78 is 11.3. The second-order valence-corrected chi connectivity index (χ2v) is 7.14. The highest BCUT2D eigenvalue weighted by Gasteiger charge is 2.21. The number of hydrogen-bond donors (Lipinski definition) is 1. The standard InChI is InChI=1S/C11H17N3OS2/c15-17-5-3-14(4-6-17)11-13-10(8-16-11)7-12-9-1-2-9/h8-9,12H,1-7H2. The average Bonchev–Trinajstić information content (AvgIpc) is 3.06. The van der Waals surface area contributed by atoms with Crippen LogP contribution in [0.2, 0.25) is 0 Å². The van der Waals surface area contributed by atoms with Crippen LogP contribution in [0, 0.1) is 0 Å². The van der Waals surface area contributed by atoms with Crippen LogP contribution in [0.25, 0.3) is 0 Å². The Bertz CT molecular complexity index is 407. The highest BCUT2D eigenvalue weighted by molar-refractivity contribution is 7.85. The Labute approximate surface area is 108 Å². The van der Waals surface area contributed by atoms with Gasteiger partial charge in [-0.25, -0.2) is 4.98 Å². The van der Waals surface area contributed by atoms with E-state index in [0.29, 0.717) is 0 Å². The van der Waals surface area contributed by atoms with Gasteiger partial charge in [0, 0.05) is 53.4 Å². The first-order valence-corrected chi connectivity index (χ1v) is 8.46. The van der Waals surface area contributed by atoms with E-state index in [1.54, 1.807) is 11.3 Å². The van der Waals surface area contributed by atoms with Crippen molar-refractivity contribution in [2.45, 2.75) is 25.4 Å². The average molecular weight is 271 g/mol. The zero-order chi connectivity index (χ0) is 11.7. The van der Waals surface area contributed by atoms with E-state index < -0.39 is 10.8 Å². The maximum atomic E-state index is 11.3. The van der Waals surface area contributed by atoms with E-state index in [9.17, 15) is 4.21 Å². The van der Waals surface area contributed by atoms with Crippen LogP contribution in [0.5, 0.6) is 0 Å². The molecule has 2 fully saturated rings. The summed E-state index contributed by atoms with van der Waals surface area (Å²) in [5.74, 6) is 1.57. The molecule has 2 heterocycles. The Balaban J connectivity index is 1.57. The van der Waals surface area contributed by atoms with E-state index in [2.05, 4.69) is 20.6 Å². The third kappa shape index (κ3) is 3.05. The molecule has 0 amide bonds. The Kier molecular flexibility index (Phi) is 3.44. The normalized spacial score (nSPS) is 22.0. The van der Waals surface area contributed by atoms with Crippen LogP contribution >= 0.6 is 11.3 Å². The van der Waals surface area contributed by atoms with Gasteiger partial charge in [-0.15, -0.1) is 11.3 Å². The molecule has 94 valence electrons. The highest BCUT2D eigenvalue weighted by atomic mass is 32.2. The SMILES string of the molecule is O=S1CCN(c2nc(CNC3CC3)cs2)CC1. The van der Waals surface area contributed by atoms with Gasteiger partial charge < -0.3 is 10.2 Å². The fourth-order valence-corrected chi connectivity index (χ4v) is 3.82. The molecule has 1 aromatic rings. The summed E-state index contributed by atoms with van der Waals surface area (Å²) in [4.78, 5) is 6.90. The van der Waals surface area contributed by atoms with E-state index in [0.717, 1.165) is 48.0 Å². The first-order chi connectivity index (χ1) is 8.31. The molecular weight excluding hydrogens is 254 g/mol. The lowest BCUT2D eigenvalue weighted by Gasteiger charge is -2.25. The molecule has 1 saturated heterocycles. The molecule has 1 aliphatic heterocycles. The zero-order valence-corrected chi connectivity index (χ0v) is 11.4. The molecule has 17 heavy (non-hydrogen) atoms. The molecule has 1 saturated carbocycles. The molecule has 0 spiro atoms. The van der Waals surface area contributed by atoms with Crippen molar-refractivity contribution in [1.29, 1.82) is 0 Å². The molecule has 0 atom stereocenters. The first-order valence-electron chi connectivity index (χ1n) is 6.09. The third-order valence-electron chi connectivity index (χ3n) is 3.14. The summed E-state index contributed by atoms with van der Waals surface area (Å²) in [6, 6.07) is 0.734. The van der Waals surface area contributed by atoms with E-state index in [1.807, 2.05) is 0 Å². The lowest BCUT2D eigenvalue weighted by atomic mass is 10.4. The van der Waals surface area contributed by atoms with E-state index in [4.69, 9.17) is 0 Å². The summed E-state index contributed by atoms with van der Waals surface area (Å²) in [5, 5.41) is 6.70. The summed E-state index contributed by atoms with van der Waals surface area (Å²) >= 11 is 1.71. The summed E-state index contributed by atoms with van der Waals surface area (Å²) in [7, 11) is -0.606. The van der Waals surface area contributed by atoms with Crippen LogP contribution in [0.3, 0.4) is 0 Å². The van der Waals surface area contributed by atoms with E-state index in [-0.39, 0.29) is 0 Å². The molecule has 0 radical (unpaired) electrons. The fourth-order valence-electron chi connectivity index (χ4n) is 1.89. The minimum absolute atomic E-state index is 0.606. The van der Waals surface area contributed by atoms with Crippen LogP contribution in [0.1, 0.15) is 18.5 Å². The van der Waals surface area contributed by atoms with Crippen LogP contribution in [0.4, 0.5) is 5.13 Å². The van der Waals surface area contributed by atoms with Gasteiger partial charge in [-0.2, -0.15) is 0 Å². The molecule has 1 aliphatic carbocycles. The predicted molar refractivity (Wildman–Crippen MR) is 72.1 cm³/mol. The predicted octanol–water partition coefficient (Wildman–Crippen LogP) is 0.964. The molecule has 0 unspecified atom stereocenters. The number of thiazole rings is 1. The molecule has 2 aliphatic rings. The minimum atomic E-state index is -0.606. The number of nitrogens with one attached hydrogen (secondary N) is 1. The maximum absolute atomic E-state index is 11.3. The van der Waals surface area contributed by atoms with Gasteiger partial charge in [-0.05, 0) is 12.8 Å². The van der Waals surface area contributed by atoms with Crippen molar-refractivity contribution in [3.8, 4) is 0 Å². The van der Waals surface area contributed by atoms with Gasteiger partial charge in [-0.3, -0.25) is 4.21 Å². The third-order valence-corrected chi connectivity index (χ3v) is 5.36. The van der Waals surface area contributed by atoms with Gasteiger partial charge in [0.2, 0.25) is 0 Å². The van der Waals surface area contributed by atoms with Crippen molar-refractivity contribution in [2.24, 2.45) is 0 Å². The van der Waals surface area contributed by atoms with Gasteiger partial charge in [0.05, 0.1) is 5.69 Å². The molecule has 4 nitrogen and oxygen atoms in total. The maximum Gasteiger partial charge on any atom is 0.185 e. The fraction of sp³-hybridized carbons (Fsp3) is 0.727. The molecule has 6 heteroatoms. The van der Waals surface area contributed by atoms with Crippen molar-refractivity contribution in [1.82, 2.24) is 10.3 Å². The Morgan fingerprint density at radius 3 is 2.94 bits per heavy atom. The number of rotatable bonds is 4. The molecule has 1 N–H and O–H groups in total. The summed E-state index contributed by atoms with van der Waals surface area (Å²) in [6.07, 6.45) is 2.63. The number of nitrogens with zero attached hydrogens (tertiary/aromatic N) is 2. The van der Waals surface area contributed by atoms with Gasteiger partial charge >= 0.3 is 0 Å². The topological polar surface area (TPSA) is 45.2 Å². The Hall–Kier alpha value is -0.460. The first kappa shape index (κ1) is 11.6. The number of hydrogen-bond acceptors (Lipinski definition) is 5. The number of anilines is 1. The van der Waals surface area contributed by atoms with Gasteiger partial charge in [0.1, 0.15) is 0 Å². The second kappa shape index (κ2) is 5.04. The van der Waals surface area contributed by atoms with Crippen molar-refractivity contribution in [3.05, 3.63) is 11.1 Å². The molecular formula is C11H17N3OS2. The Morgan fingerprint density at radius 1 is 1.47 bits per heavy atom. The second-order valence-electron chi connectivity index (χ2n) is 4.61. The quantitative estimate of drug-likeness (QED) is 0.886.